The Bertz CT molecular complexity index is 490. The lowest BCUT2D eigenvalue weighted by molar-refractivity contribution is -0.174. The molecule has 0 fully saturated rings. The maximum Gasteiger partial charge on any atom is 0.411 e. The van der Waals surface area contributed by atoms with Gasteiger partial charge in [-0.15, -0.1) is 0 Å². The van der Waals surface area contributed by atoms with Crippen molar-refractivity contribution in [1.29, 1.82) is 0 Å². The number of halogens is 5. The Labute approximate surface area is 118 Å². The lowest BCUT2D eigenvalue weighted by atomic mass is 10.1. The Morgan fingerprint density at radius 2 is 1.95 bits per heavy atom. The van der Waals surface area contributed by atoms with E-state index in [1.807, 2.05) is 0 Å². The molecular formula is C13H14F5NO2. The molecule has 3 nitrogen and oxygen atoms in total. The minimum atomic E-state index is -4.44. The first-order valence-electron chi connectivity index (χ1n) is 6.08. The smallest absolute Gasteiger partial charge is 0.372 e. The maximum atomic E-state index is 13.0. The van der Waals surface area contributed by atoms with E-state index in [-0.39, 0.29) is 13.0 Å². The van der Waals surface area contributed by atoms with Crippen LogP contribution in [0, 0.1) is 11.6 Å². The van der Waals surface area contributed by atoms with Gasteiger partial charge in [0.1, 0.15) is 6.61 Å². The van der Waals surface area contributed by atoms with Crippen LogP contribution in [0.5, 0.6) is 0 Å². The van der Waals surface area contributed by atoms with Crippen molar-refractivity contribution in [2.75, 3.05) is 13.2 Å². The van der Waals surface area contributed by atoms with Gasteiger partial charge in [-0.3, -0.25) is 4.79 Å². The first kappa shape index (κ1) is 17.4. The average molecular weight is 311 g/mol. The lowest BCUT2D eigenvalue weighted by Gasteiger charge is -2.15. The van der Waals surface area contributed by atoms with Gasteiger partial charge in [0, 0.05) is 6.42 Å². The number of amides is 1. The SMILES string of the molecule is CC(NC(=O)CCOCC(F)(F)F)c1ccc(F)c(F)c1. The summed E-state index contributed by atoms with van der Waals surface area (Å²) in [7, 11) is 0. The first-order chi connectivity index (χ1) is 9.69. The summed E-state index contributed by atoms with van der Waals surface area (Å²) in [6.07, 6.45) is -4.69. The summed E-state index contributed by atoms with van der Waals surface area (Å²) >= 11 is 0. The Kier molecular flexibility index (Phi) is 6.07. The number of hydrogen-bond donors (Lipinski definition) is 1. The highest BCUT2D eigenvalue weighted by molar-refractivity contribution is 5.76. The number of hydrogen-bond acceptors (Lipinski definition) is 2. The van der Waals surface area contributed by atoms with Crippen molar-refractivity contribution >= 4 is 5.91 Å². The van der Waals surface area contributed by atoms with E-state index in [9.17, 15) is 26.7 Å². The molecule has 118 valence electrons. The molecule has 1 aromatic carbocycles. The number of benzene rings is 1. The fourth-order valence-corrected chi connectivity index (χ4v) is 1.53. The van der Waals surface area contributed by atoms with Crippen LogP contribution in [0.1, 0.15) is 24.9 Å². The summed E-state index contributed by atoms with van der Waals surface area (Å²) < 4.78 is 65.4. The van der Waals surface area contributed by atoms with Crippen LogP contribution in [-0.4, -0.2) is 25.3 Å². The summed E-state index contributed by atoms with van der Waals surface area (Å²) in [6, 6.07) is 2.58. The van der Waals surface area contributed by atoms with Gasteiger partial charge in [0.05, 0.1) is 12.6 Å². The van der Waals surface area contributed by atoms with Crippen LogP contribution in [0.25, 0.3) is 0 Å². The van der Waals surface area contributed by atoms with Gasteiger partial charge >= 0.3 is 6.18 Å². The third kappa shape index (κ3) is 6.52. The number of carbonyl (C=O) groups excluding carboxylic acids is 1. The van der Waals surface area contributed by atoms with Crippen LogP contribution in [0.2, 0.25) is 0 Å². The molecular weight excluding hydrogens is 297 g/mol. The molecule has 8 heteroatoms. The zero-order valence-electron chi connectivity index (χ0n) is 11.1. The lowest BCUT2D eigenvalue weighted by Crippen LogP contribution is -2.28. The highest BCUT2D eigenvalue weighted by Crippen LogP contribution is 2.16. The van der Waals surface area contributed by atoms with Gasteiger partial charge < -0.3 is 10.1 Å². The van der Waals surface area contributed by atoms with Crippen LogP contribution in [-0.2, 0) is 9.53 Å². The molecule has 1 atom stereocenters. The van der Waals surface area contributed by atoms with Crippen molar-refractivity contribution in [3.63, 3.8) is 0 Å². The van der Waals surface area contributed by atoms with Gasteiger partial charge in [-0.05, 0) is 24.6 Å². The van der Waals surface area contributed by atoms with Gasteiger partial charge in [0.15, 0.2) is 11.6 Å². The van der Waals surface area contributed by atoms with E-state index in [0.29, 0.717) is 5.56 Å². The zero-order valence-corrected chi connectivity index (χ0v) is 11.1. The molecule has 0 aliphatic heterocycles. The minimum Gasteiger partial charge on any atom is -0.372 e. The molecule has 21 heavy (non-hydrogen) atoms. The molecule has 0 aliphatic carbocycles. The highest BCUT2D eigenvalue weighted by atomic mass is 19.4. The Morgan fingerprint density at radius 1 is 1.29 bits per heavy atom. The predicted octanol–water partition coefficient (Wildman–Crippen LogP) is 3.11. The number of rotatable bonds is 6. The number of alkyl halides is 3. The van der Waals surface area contributed by atoms with Crippen molar-refractivity contribution < 1.29 is 31.5 Å². The topological polar surface area (TPSA) is 38.3 Å². The quantitative estimate of drug-likeness (QED) is 0.647. The summed E-state index contributed by atoms with van der Waals surface area (Å²) in [4.78, 5) is 11.5. The molecule has 0 saturated heterocycles. The molecule has 1 unspecified atom stereocenters. The average Bonchev–Trinajstić information content (AvgIpc) is 2.36. The van der Waals surface area contributed by atoms with E-state index in [1.165, 1.54) is 6.07 Å². The number of nitrogens with one attached hydrogen (secondary N) is 1. The van der Waals surface area contributed by atoms with Gasteiger partial charge in [0.2, 0.25) is 5.91 Å². The Hall–Kier alpha value is -1.70. The van der Waals surface area contributed by atoms with Gasteiger partial charge in [-0.25, -0.2) is 8.78 Å². The third-order valence-corrected chi connectivity index (χ3v) is 2.56. The molecule has 1 rings (SSSR count). The minimum absolute atomic E-state index is 0.260. The standard InChI is InChI=1S/C13H14F5NO2/c1-8(9-2-3-10(14)11(15)6-9)19-12(20)4-5-21-7-13(16,17)18/h2-3,6,8H,4-5,7H2,1H3,(H,19,20). The molecule has 1 aromatic rings. The molecule has 0 radical (unpaired) electrons. The molecule has 0 aromatic heterocycles. The Balaban J connectivity index is 2.38. The highest BCUT2D eigenvalue weighted by Gasteiger charge is 2.27. The normalized spacial score (nSPS) is 13.0. The second kappa shape index (κ2) is 7.35. The van der Waals surface area contributed by atoms with Crippen LogP contribution in [0.3, 0.4) is 0 Å². The summed E-state index contributed by atoms with van der Waals surface area (Å²) in [5.41, 5.74) is 0.346. The number of ether oxygens (including phenoxy) is 1. The van der Waals surface area contributed by atoms with Crippen LogP contribution in [0.15, 0.2) is 18.2 Å². The van der Waals surface area contributed by atoms with Crippen molar-refractivity contribution in [1.82, 2.24) is 5.32 Å². The van der Waals surface area contributed by atoms with Gasteiger partial charge in [-0.1, -0.05) is 6.07 Å². The fourth-order valence-electron chi connectivity index (χ4n) is 1.53. The van der Waals surface area contributed by atoms with Crippen molar-refractivity contribution in [3.8, 4) is 0 Å². The van der Waals surface area contributed by atoms with Gasteiger partial charge in [0.25, 0.3) is 0 Å². The van der Waals surface area contributed by atoms with Gasteiger partial charge in [-0.2, -0.15) is 13.2 Å². The predicted molar refractivity (Wildman–Crippen MR) is 64.4 cm³/mol. The van der Waals surface area contributed by atoms with Crippen LogP contribution < -0.4 is 5.32 Å². The molecule has 1 N–H and O–H groups in total. The second-order valence-electron chi connectivity index (χ2n) is 4.38. The van der Waals surface area contributed by atoms with Crippen molar-refractivity contribution in [3.05, 3.63) is 35.4 Å². The van der Waals surface area contributed by atoms with E-state index < -0.39 is 36.4 Å². The van der Waals surface area contributed by atoms with E-state index in [2.05, 4.69) is 10.1 Å². The van der Waals surface area contributed by atoms with Crippen molar-refractivity contribution in [2.24, 2.45) is 0 Å². The molecule has 0 saturated carbocycles. The molecule has 0 bridgehead atoms. The summed E-state index contributed by atoms with van der Waals surface area (Å²) in [5.74, 6) is -2.59. The largest absolute Gasteiger partial charge is 0.411 e. The van der Waals surface area contributed by atoms with Crippen LogP contribution >= 0.6 is 0 Å². The third-order valence-electron chi connectivity index (χ3n) is 2.56. The summed E-state index contributed by atoms with van der Waals surface area (Å²) in [6.45, 7) is -0.254. The molecule has 0 aliphatic rings. The fraction of sp³-hybridized carbons (Fsp3) is 0.462. The number of carbonyl (C=O) groups is 1. The second-order valence-corrected chi connectivity index (χ2v) is 4.38. The summed E-state index contributed by atoms with van der Waals surface area (Å²) in [5, 5.41) is 2.45. The monoisotopic (exact) mass is 311 g/mol. The van der Waals surface area contributed by atoms with Crippen LogP contribution in [0.4, 0.5) is 22.0 Å². The van der Waals surface area contributed by atoms with Crippen molar-refractivity contribution in [2.45, 2.75) is 25.6 Å². The van der Waals surface area contributed by atoms with E-state index in [0.717, 1.165) is 12.1 Å². The zero-order chi connectivity index (χ0) is 16.0. The molecule has 1 amide bonds. The maximum absolute atomic E-state index is 13.0. The van der Waals surface area contributed by atoms with E-state index in [1.54, 1.807) is 6.92 Å². The van der Waals surface area contributed by atoms with E-state index in [4.69, 9.17) is 0 Å². The Morgan fingerprint density at radius 3 is 2.52 bits per heavy atom. The molecule has 0 spiro atoms. The molecule has 0 heterocycles. The first-order valence-corrected chi connectivity index (χ1v) is 6.08. The van der Waals surface area contributed by atoms with E-state index >= 15 is 0 Å².